The third-order valence-corrected chi connectivity index (χ3v) is 6.24. The Bertz CT molecular complexity index is 1060. The van der Waals surface area contributed by atoms with Crippen LogP contribution in [-0.2, 0) is 11.2 Å². The highest BCUT2D eigenvalue weighted by Crippen LogP contribution is 2.25. The highest BCUT2D eigenvalue weighted by Gasteiger charge is 2.19. The second kappa shape index (κ2) is 7.86. The van der Waals surface area contributed by atoms with E-state index in [2.05, 4.69) is 18.2 Å². The molecule has 0 spiro atoms. The van der Waals surface area contributed by atoms with Gasteiger partial charge in [-0.2, -0.15) is 0 Å². The van der Waals surface area contributed by atoms with Crippen molar-refractivity contribution in [1.82, 2.24) is 0 Å². The normalized spacial score (nSPS) is 10.8. The summed E-state index contributed by atoms with van der Waals surface area (Å²) in [4.78, 5) is 27.0. The van der Waals surface area contributed by atoms with Gasteiger partial charge in [0.2, 0.25) is 5.78 Å². The van der Waals surface area contributed by atoms with Gasteiger partial charge in [-0.25, -0.2) is 4.79 Å². The van der Waals surface area contributed by atoms with Gasteiger partial charge in [0.25, 0.3) is 0 Å². The molecule has 2 aromatic carbocycles. The summed E-state index contributed by atoms with van der Waals surface area (Å²) >= 11 is 3.07. The molecule has 0 aliphatic carbocycles. The summed E-state index contributed by atoms with van der Waals surface area (Å²) < 4.78 is 6.68. The fourth-order valence-corrected chi connectivity index (χ4v) is 4.60. The summed E-state index contributed by atoms with van der Waals surface area (Å²) in [6, 6.07) is 20.7. The molecule has 4 rings (SSSR count). The number of carbonyl (C=O) groups excluding carboxylic acids is 2. The Morgan fingerprint density at radius 3 is 2.44 bits per heavy atom. The molecule has 0 saturated carbocycles. The number of benzene rings is 2. The molecule has 134 valence electrons. The number of thiophene rings is 2. The van der Waals surface area contributed by atoms with E-state index in [0.717, 1.165) is 0 Å². The lowest BCUT2D eigenvalue weighted by atomic mass is 10.0. The van der Waals surface area contributed by atoms with Crippen molar-refractivity contribution in [1.29, 1.82) is 0 Å². The third kappa shape index (κ3) is 3.84. The van der Waals surface area contributed by atoms with Crippen molar-refractivity contribution < 1.29 is 14.3 Å². The van der Waals surface area contributed by atoms with Crippen LogP contribution in [0.15, 0.2) is 72.1 Å². The van der Waals surface area contributed by atoms with Crippen LogP contribution in [0.5, 0.6) is 0 Å². The Morgan fingerprint density at radius 1 is 0.889 bits per heavy atom. The number of rotatable bonds is 6. The largest absolute Gasteiger partial charge is 0.462 e. The summed E-state index contributed by atoms with van der Waals surface area (Å²) in [7, 11) is 0. The van der Waals surface area contributed by atoms with Gasteiger partial charge in [0, 0.05) is 21.6 Å². The zero-order chi connectivity index (χ0) is 18.6. The lowest BCUT2D eigenvalue weighted by molar-refractivity contribution is 0.0507. The summed E-state index contributed by atoms with van der Waals surface area (Å²) in [5.74, 6) is -0.612. The first-order valence-electron chi connectivity index (χ1n) is 8.54. The highest BCUT2D eigenvalue weighted by atomic mass is 32.1. The van der Waals surface area contributed by atoms with E-state index >= 15 is 0 Å². The first-order valence-corrected chi connectivity index (χ1v) is 10.2. The van der Waals surface area contributed by atoms with Gasteiger partial charge in [0.1, 0.15) is 0 Å². The molecule has 0 unspecified atom stereocenters. The first-order chi connectivity index (χ1) is 13.2. The summed E-state index contributed by atoms with van der Waals surface area (Å²) in [5, 5.41) is 3.05. The van der Waals surface area contributed by atoms with Gasteiger partial charge in [-0.1, -0.05) is 42.5 Å². The Kier molecular flexibility index (Phi) is 5.14. The quantitative estimate of drug-likeness (QED) is 0.317. The lowest BCUT2D eigenvalue weighted by Crippen LogP contribution is -2.13. The van der Waals surface area contributed by atoms with Crippen molar-refractivity contribution in [3.8, 4) is 0 Å². The zero-order valence-electron chi connectivity index (χ0n) is 14.4. The maximum absolute atomic E-state index is 12.6. The van der Waals surface area contributed by atoms with Crippen LogP contribution in [-0.4, -0.2) is 18.4 Å². The molecule has 0 N–H and O–H groups in total. The fraction of sp³-hybridized carbons (Fsp3) is 0.0909. The predicted octanol–water partition coefficient (Wildman–Crippen LogP) is 5.59. The molecule has 3 nitrogen and oxygen atoms in total. The van der Waals surface area contributed by atoms with Crippen LogP contribution in [0.2, 0.25) is 0 Å². The van der Waals surface area contributed by atoms with Gasteiger partial charge >= 0.3 is 5.97 Å². The lowest BCUT2D eigenvalue weighted by Gasteiger charge is -2.08. The molecule has 0 saturated heterocycles. The molecule has 0 bridgehead atoms. The van der Waals surface area contributed by atoms with Crippen LogP contribution in [0.25, 0.3) is 10.1 Å². The maximum atomic E-state index is 12.6. The molecular formula is C22H16O3S2. The molecule has 2 aromatic heterocycles. The SMILES string of the molecule is O=C(OCCc1cc2ccccc2s1)c1ccccc1C(=O)c1cccs1. The van der Waals surface area contributed by atoms with E-state index in [1.165, 1.54) is 26.3 Å². The molecule has 0 radical (unpaired) electrons. The smallest absolute Gasteiger partial charge is 0.338 e. The van der Waals surface area contributed by atoms with Crippen molar-refractivity contribution >= 4 is 44.5 Å². The van der Waals surface area contributed by atoms with E-state index in [-0.39, 0.29) is 12.4 Å². The fourth-order valence-electron chi connectivity index (χ4n) is 2.88. The summed E-state index contributed by atoms with van der Waals surface area (Å²) in [5.41, 5.74) is 0.694. The van der Waals surface area contributed by atoms with Gasteiger partial charge in [0.15, 0.2) is 0 Å². The number of hydrogen-bond donors (Lipinski definition) is 0. The Balaban J connectivity index is 1.45. The van der Waals surface area contributed by atoms with Crippen LogP contribution in [0.1, 0.15) is 30.5 Å². The molecule has 0 atom stereocenters. The van der Waals surface area contributed by atoms with Crippen LogP contribution in [0.3, 0.4) is 0 Å². The predicted molar refractivity (Wildman–Crippen MR) is 110 cm³/mol. The van der Waals surface area contributed by atoms with Crippen LogP contribution >= 0.6 is 22.7 Å². The summed E-state index contributed by atoms with van der Waals surface area (Å²) in [6.45, 7) is 0.285. The van der Waals surface area contributed by atoms with E-state index in [1.54, 1.807) is 41.7 Å². The van der Waals surface area contributed by atoms with Crippen LogP contribution in [0, 0.1) is 0 Å². The van der Waals surface area contributed by atoms with Crippen molar-refractivity contribution in [3.05, 3.63) is 93.0 Å². The highest BCUT2D eigenvalue weighted by molar-refractivity contribution is 7.19. The van der Waals surface area contributed by atoms with E-state index < -0.39 is 5.97 Å². The molecule has 0 aliphatic heterocycles. The monoisotopic (exact) mass is 392 g/mol. The van der Waals surface area contributed by atoms with E-state index in [9.17, 15) is 9.59 Å². The van der Waals surface area contributed by atoms with Gasteiger partial charge in [0.05, 0.1) is 17.0 Å². The van der Waals surface area contributed by atoms with Gasteiger partial charge in [-0.15, -0.1) is 22.7 Å². The molecule has 0 amide bonds. The topological polar surface area (TPSA) is 43.4 Å². The second-order valence-corrected chi connectivity index (χ2v) is 8.10. The summed E-state index contributed by atoms with van der Waals surface area (Å²) in [6.07, 6.45) is 0.659. The second-order valence-electron chi connectivity index (χ2n) is 5.99. The average Bonchev–Trinajstić information content (AvgIpc) is 3.37. The number of hydrogen-bond acceptors (Lipinski definition) is 5. The van der Waals surface area contributed by atoms with Crippen molar-refractivity contribution in [2.45, 2.75) is 6.42 Å². The van der Waals surface area contributed by atoms with Gasteiger partial charge < -0.3 is 4.74 Å². The van der Waals surface area contributed by atoms with Gasteiger partial charge in [-0.05, 0) is 35.0 Å². The Morgan fingerprint density at radius 2 is 1.67 bits per heavy atom. The molecule has 5 heteroatoms. The molecule has 2 heterocycles. The third-order valence-electron chi connectivity index (χ3n) is 4.19. The van der Waals surface area contributed by atoms with E-state index in [1.807, 2.05) is 23.6 Å². The molecule has 0 fully saturated rings. The zero-order valence-corrected chi connectivity index (χ0v) is 16.0. The molecular weight excluding hydrogens is 376 g/mol. The standard InChI is InChI=1S/C22H16O3S2/c23-21(20-10-5-13-26-20)17-7-2-3-8-18(17)22(24)25-12-11-16-14-15-6-1-4-9-19(15)27-16/h1-10,13-14H,11-12H2. The van der Waals surface area contributed by atoms with Crippen molar-refractivity contribution in [2.24, 2.45) is 0 Å². The number of esters is 1. The average molecular weight is 393 g/mol. The Labute approximate surface area is 164 Å². The molecule has 27 heavy (non-hydrogen) atoms. The first kappa shape index (κ1) is 17.6. The van der Waals surface area contributed by atoms with Crippen molar-refractivity contribution in [2.75, 3.05) is 6.61 Å². The number of ketones is 1. The number of fused-ring (bicyclic) bond motifs is 1. The van der Waals surface area contributed by atoms with E-state index in [4.69, 9.17) is 4.74 Å². The van der Waals surface area contributed by atoms with Crippen LogP contribution < -0.4 is 0 Å². The minimum Gasteiger partial charge on any atom is -0.462 e. The maximum Gasteiger partial charge on any atom is 0.338 e. The minimum absolute atomic E-state index is 0.151. The Hall–Kier alpha value is -2.76. The number of ether oxygens (including phenoxy) is 1. The molecule has 4 aromatic rings. The van der Waals surface area contributed by atoms with Gasteiger partial charge in [-0.3, -0.25) is 4.79 Å². The molecule has 0 aliphatic rings. The minimum atomic E-state index is -0.461. The van der Waals surface area contributed by atoms with Crippen LogP contribution in [0.4, 0.5) is 0 Å². The number of carbonyl (C=O) groups is 2. The van der Waals surface area contributed by atoms with E-state index in [0.29, 0.717) is 22.4 Å². The van der Waals surface area contributed by atoms with Crippen molar-refractivity contribution in [3.63, 3.8) is 0 Å².